The molecule has 3 nitrogen and oxygen atoms in total. The molecule has 106 valence electrons. The molecule has 1 saturated heterocycles. The van der Waals surface area contributed by atoms with E-state index in [2.05, 4.69) is 30.4 Å². The van der Waals surface area contributed by atoms with Crippen LogP contribution in [0.5, 0.6) is 5.75 Å². The monoisotopic (exact) mass is 263 g/mol. The summed E-state index contributed by atoms with van der Waals surface area (Å²) >= 11 is 0. The van der Waals surface area contributed by atoms with Gasteiger partial charge in [0.1, 0.15) is 5.75 Å². The van der Waals surface area contributed by atoms with Crippen molar-refractivity contribution in [3.05, 3.63) is 29.8 Å². The summed E-state index contributed by atoms with van der Waals surface area (Å²) in [4.78, 5) is 0. The zero-order valence-corrected chi connectivity index (χ0v) is 12.0. The zero-order chi connectivity index (χ0) is 13.5. The van der Waals surface area contributed by atoms with E-state index >= 15 is 0 Å². The molecule has 0 aliphatic carbocycles. The summed E-state index contributed by atoms with van der Waals surface area (Å²) in [6, 6.07) is 8.87. The number of hydrogen-bond acceptors (Lipinski definition) is 3. The molecule has 1 aliphatic heterocycles. The molecular weight excluding hydrogens is 238 g/mol. The Hall–Kier alpha value is -1.06. The molecule has 1 N–H and O–H groups in total. The molecule has 1 atom stereocenters. The Bertz CT molecular complexity index is 375. The molecule has 0 spiro atoms. The first-order valence-electron chi connectivity index (χ1n) is 7.32. The fourth-order valence-electron chi connectivity index (χ4n) is 2.57. The van der Waals surface area contributed by atoms with Gasteiger partial charge in [-0.2, -0.15) is 0 Å². The van der Waals surface area contributed by atoms with E-state index in [4.69, 9.17) is 9.47 Å². The van der Waals surface area contributed by atoms with E-state index in [1.807, 2.05) is 13.0 Å². The van der Waals surface area contributed by atoms with Crippen LogP contribution in [0.2, 0.25) is 0 Å². The zero-order valence-electron chi connectivity index (χ0n) is 12.0. The molecule has 0 amide bonds. The van der Waals surface area contributed by atoms with Gasteiger partial charge >= 0.3 is 0 Å². The van der Waals surface area contributed by atoms with Gasteiger partial charge in [0.15, 0.2) is 0 Å². The van der Waals surface area contributed by atoms with Crippen LogP contribution in [0.15, 0.2) is 24.3 Å². The van der Waals surface area contributed by atoms with Gasteiger partial charge in [-0.15, -0.1) is 0 Å². The Balaban J connectivity index is 1.82. The highest BCUT2D eigenvalue weighted by atomic mass is 16.5. The van der Waals surface area contributed by atoms with Crippen molar-refractivity contribution in [3.63, 3.8) is 0 Å². The SMILES string of the molecule is CCOc1cccc(CNC(C)C2CCOCC2)c1. The average Bonchev–Trinajstić information content (AvgIpc) is 2.46. The van der Waals surface area contributed by atoms with Gasteiger partial charge in [0.25, 0.3) is 0 Å². The van der Waals surface area contributed by atoms with Crippen molar-refractivity contribution >= 4 is 0 Å². The first kappa shape index (κ1) is 14.4. The van der Waals surface area contributed by atoms with Gasteiger partial charge in [0, 0.05) is 25.8 Å². The van der Waals surface area contributed by atoms with E-state index in [1.165, 1.54) is 18.4 Å². The topological polar surface area (TPSA) is 30.5 Å². The lowest BCUT2D eigenvalue weighted by Gasteiger charge is -2.28. The van der Waals surface area contributed by atoms with E-state index in [0.717, 1.165) is 38.0 Å². The minimum Gasteiger partial charge on any atom is -0.494 e. The molecule has 1 aliphatic rings. The van der Waals surface area contributed by atoms with Gasteiger partial charge in [-0.1, -0.05) is 12.1 Å². The maximum absolute atomic E-state index is 5.53. The standard InChI is InChI=1S/C16H25NO2/c1-3-19-16-6-4-5-14(11-16)12-17-13(2)15-7-9-18-10-8-15/h4-6,11,13,15,17H,3,7-10,12H2,1-2H3. The highest BCUT2D eigenvalue weighted by molar-refractivity contribution is 5.28. The van der Waals surface area contributed by atoms with Crippen molar-refractivity contribution < 1.29 is 9.47 Å². The third kappa shape index (κ3) is 4.51. The first-order valence-corrected chi connectivity index (χ1v) is 7.32. The van der Waals surface area contributed by atoms with Crippen molar-refractivity contribution in [2.45, 2.75) is 39.3 Å². The second kappa shape index (κ2) is 7.51. The Labute approximate surface area is 116 Å². The Morgan fingerprint density at radius 2 is 2.16 bits per heavy atom. The van der Waals surface area contributed by atoms with E-state index in [0.29, 0.717) is 6.04 Å². The van der Waals surface area contributed by atoms with Gasteiger partial charge in [0.2, 0.25) is 0 Å². The van der Waals surface area contributed by atoms with E-state index < -0.39 is 0 Å². The van der Waals surface area contributed by atoms with Crippen LogP contribution in [0.4, 0.5) is 0 Å². The minimum absolute atomic E-state index is 0.541. The summed E-state index contributed by atoms with van der Waals surface area (Å²) in [6.07, 6.45) is 2.35. The highest BCUT2D eigenvalue weighted by Crippen LogP contribution is 2.19. The van der Waals surface area contributed by atoms with Crippen LogP contribution < -0.4 is 10.1 Å². The largest absolute Gasteiger partial charge is 0.494 e. The lowest BCUT2D eigenvalue weighted by molar-refractivity contribution is 0.0558. The fraction of sp³-hybridized carbons (Fsp3) is 0.625. The lowest BCUT2D eigenvalue weighted by atomic mass is 9.93. The summed E-state index contributed by atoms with van der Waals surface area (Å²) in [5.41, 5.74) is 1.28. The van der Waals surface area contributed by atoms with Crippen LogP contribution in [0.25, 0.3) is 0 Å². The van der Waals surface area contributed by atoms with Crippen LogP contribution in [-0.2, 0) is 11.3 Å². The van der Waals surface area contributed by atoms with E-state index in [9.17, 15) is 0 Å². The molecule has 1 fully saturated rings. The van der Waals surface area contributed by atoms with Gasteiger partial charge < -0.3 is 14.8 Å². The van der Waals surface area contributed by atoms with Gasteiger partial charge in [-0.3, -0.25) is 0 Å². The number of rotatable bonds is 6. The van der Waals surface area contributed by atoms with Gasteiger partial charge in [-0.05, 0) is 50.3 Å². The summed E-state index contributed by atoms with van der Waals surface area (Å²) < 4.78 is 10.9. The lowest BCUT2D eigenvalue weighted by Crippen LogP contribution is -2.36. The summed E-state index contributed by atoms with van der Waals surface area (Å²) in [6.45, 7) is 7.74. The Kier molecular flexibility index (Phi) is 5.67. The number of ether oxygens (including phenoxy) is 2. The number of nitrogens with one attached hydrogen (secondary N) is 1. The second-order valence-corrected chi connectivity index (χ2v) is 5.20. The normalized spacial score (nSPS) is 18.2. The molecule has 19 heavy (non-hydrogen) atoms. The molecular formula is C16H25NO2. The average molecular weight is 263 g/mol. The first-order chi connectivity index (χ1) is 9.29. The van der Waals surface area contributed by atoms with Gasteiger partial charge in [-0.25, -0.2) is 0 Å². The molecule has 1 unspecified atom stereocenters. The molecule has 3 heteroatoms. The number of hydrogen-bond donors (Lipinski definition) is 1. The summed E-state index contributed by atoms with van der Waals surface area (Å²) in [5, 5.41) is 3.63. The van der Waals surface area contributed by atoms with Crippen molar-refractivity contribution in [2.75, 3.05) is 19.8 Å². The van der Waals surface area contributed by atoms with Crippen LogP contribution in [-0.4, -0.2) is 25.9 Å². The maximum atomic E-state index is 5.53. The molecule has 1 aromatic rings. The van der Waals surface area contributed by atoms with Crippen molar-refractivity contribution in [3.8, 4) is 5.75 Å². The predicted molar refractivity (Wildman–Crippen MR) is 77.5 cm³/mol. The van der Waals surface area contributed by atoms with Crippen LogP contribution in [0, 0.1) is 5.92 Å². The second-order valence-electron chi connectivity index (χ2n) is 5.20. The fourth-order valence-corrected chi connectivity index (χ4v) is 2.57. The van der Waals surface area contributed by atoms with Crippen molar-refractivity contribution in [1.82, 2.24) is 5.32 Å². The molecule has 0 bridgehead atoms. The summed E-state index contributed by atoms with van der Waals surface area (Å²) in [5.74, 6) is 1.70. The third-order valence-electron chi connectivity index (χ3n) is 3.81. The Morgan fingerprint density at radius 3 is 2.89 bits per heavy atom. The quantitative estimate of drug-likeness (QED) is 0.856. The van der Waals surface area contributed by atoms with E-state index in [1.54, 1.807) is 0 Å². The predicted octanol–water partition coefficient (Wildman–Crippen LogP) is 2.99. The Morgan fingerprint density at radius 1 is 1.37 bits per heavy atom. The summed E-state index contributed by atoms with van der Waals surface area (Å²) in [7, 11) is 0. The van der Waals surface area contributed by atoms with Crippen molar-refractivity contribution in [2.24, 2.45) is 5.92 Å². The van der Waals surface area contributed by atoms with Crippen LogP contribution in [0.3, 0.4) is 0 Å². The molecule has 0 aromatic heterocycles. The molecule has 0 saturated carbocycles. The van der Waals surface area contributed by atoms with Crippen molar-refractivity contribution in [1.29, 1.82) is 0 Å². The third-order valence-corrected chi connectivity index (χ3v) is 3.81. The highest BCUT2D eigenvalue weighted by Gasteiger charge is 2.19. The maximum Gasteiger partial charge on any atom is 0.119 e. The van der Waals surface area contributed by atoms with Gasteiger partial charge in [0.05, 0.1) is 6.61 Å². The number of benzene rings is 1. The molecule has 1 heterocycles. The van der Waals surface area contributed by atoms with Crippen LogP contribution >= 0.6 is 0 Å². The minimum atomic E-state index is 0.541. The smallest absolute Gasteiger partial charge is 0.119 e. The molecule has 2 rings (SSSR count). The van der Waals surface area contributed by atoms with Crippen LogP contribution in [0.1, 0.15) is 32.3 Å². The molecule has 1 aromatic carbocycles. The molecule has 0 radical (unpaired) electrons. The van der Waals surface area contributed by atoms with E-state index in [-0.39, 0.29) is 0 Å².